The molecule has 0 spiro atoms. The molecule has 19 heavy (non-hydrogen) atoms. The van der Waals surface area contributed by atoms with Gasteiger partial charge in [-0.15, -0.1) is 11.3 Å². The maximum Gasteiger partial charge on any atom is 0.130 e. The molecule has 0 aliphatic heterocycles. The molecule has 1 aromatic carbocycles. The summed E-state index contributed by atoms with van der Waals surface area (Å²) in [6.07, 6.45) is 3.92. The van der Waals surface area contributed by atoms with E-state index in [1.807, 2.05) is 18.2 Å². The van der Waals surface area contributed by atoms with Gasteiger partial charge < -0.3 is 4.42 Å². The fourth-order valence-corrected chi connectivity index (χ4v) is 3.51. The third-order valence-corrected chi connectivity index (χ3v) is 4.45. The molecule has 0 saturated carbocycles. The highest BCUT2D eigenvalue weighted by atomic mass is 32.1. The van der Waals surface area contributed by atoms with E-state index in [0.29, 0.717) is 6.42 Å². The van der Waals surface area contributed by atoms with Gasteiger partial charge in [-0.3, -0.25) is 4.79 Å². The molecule has 2 aromatic heterocycles. The lowest BCUT2D eigenvalue weighted by Crippen LogP contribution is -2.03. The van der Waals surface area contributed by atoms with Crippen molar-refractivity contribution in [3.8, 4) is 0 Å². The molecule has 2 heterocycles. The molecule has 1 atom stereocenters. The molecule has 0 aliphatic rings. The minimum Gasteiger partial charge on any atom is -0.472 e. The lowest BCUT2D eigenvalue weighted by Gasteiger charge is -2.11. The molecule has 0 bridgehead atoms. The molecule has 3 aromatic rings. The van der Waals surface area contributed by atoms with Crippen molar-refractivity contribution in [3.63, 3.8) is 0 Å². The Morgan fingerprint density at radius 3 is 2.84 bits per heavy atom. The zero-order valence-electron chi connectivity index (χ0n) is 10.6. The molecule has 3 rings (SSSR count). The molecule has 0 amide bonds. The van der Waals surface area contributed by atoms with Crippen molar-refractivity contribution in [1.82, 2.24) is 0 Å². The van der Waals surface area contributed by atoms with Crippen molar-refractivity contribution >= 4 is 27.2 Å². The molecule has 0 saturated heterocycles. The summed E-state index contributed by atoms with van der Waals surface area (Å²) in [4.78, 5) is 12.7. The molecule has 96 valence electrons. The van der Waals surface area contributed by atoms with E-state index in [9.17, 15) is 4.79 Å². The average Bonchev–Trinajstić information content (AvgIpc) is 3.04. The van der Waals surface area contributed by atoms with Crippen LogP contribution in [0.4, 0.5) is 0 Å². The van der Waals surface area contributed by atoms with Crippen molar-refractivity contribution in [2.45, 2.75) is 19.3 Å². The quantitative estimate of drug-likeness (QED) is 0.693. The topological polar surface area (TPSA) is 30.2 Å². The number of Topliss-reactive ketones (excluding diaryl/α,β-unsaturated/α-hetero) is 1. The minimum absolute atomic E-state index is 0.105. The summed E-state index contributed by atoms with van der Waals surface area (Å²) in [6.45, 7) is 1.64. The monoisotopic (exact) mass is 270 g/mol. The van der Waals surface area contributed by atoms with Gasteiger partial charge in [0.15, 0.2) is 0 Å². The summed E-state index contributed by atoms with van der Waals surface area (Å²) in [7, 11) is 0. The van der Waals surface area contributed by atoms with Crippen LogP contribution in [-0.4, -0.2) is 5.78 Å². The summed E-state index contributed by atoms with van der Waals surface area (Å²) in [5, 5.41) is 1.24. The number of benzene rings is 1. The molecular formula is C16H14O2S. The number of carbonyl (C=O) groups excluding carboxylic acids is 1. The highest BCUT2D eigenvalue weighted by molar-refractivity contribution is 7.19. The number of ketones is 1. The van der Waals surface area contributed by atoms with Crippen molar-refractivity contribution in [2.24, 2.45) is 0 Å². The van der Waals surface area contributed by atoms with Crippen LogP contribution in [0.25, 0.3) is 10.1 Å². The maximum absolute atomic E-state index is 11.5. The standard InChI is InChI=1S/C16H14O2S/c1-11(17)8-14(13-6-7-18-10-13)16-9-12-4-2-3-5-15(12)19-16/h2-7,9-10,14H,8H2,1H3/t14-/m1/s1. The summed E-state index contributed by atoms with van der Waals surface area (Å²) in [5.41, 5.74) is 1.07. The van der Waals surface area contributed by atoms with Crippen LogP contribution in [0.5, 0.6) is 0 Å². The largest absolute Gasteiger partial charge is 0.472 e. The van der Waals surface area contributed by atoms with E-state index in [-0.39, 0.29) is 11.7 Å². The predicted molar refractivity (Wildman–Crippen MR) is 77.7 cm³/mol. The molecular weight excluding hydrogens is 256 g/mol. The van der Waals surface area contributed by atoms with Gasteiger partial charge in [-0.1, -0.05) is 18.2 Å². The molecule has 0 fully saturated rings. The lowest BCUT2D eigenvalue weighted by molar-refractivity contribution is -0.117. The Morgan fingerprint density at radius 2 is 2.16 bits per heavy atom. The Balaban J connectivity index is 2.05. The number of hydrogen-bond donors (Lipinski definition) is 0. The van der Waals surface area contributed by atoms with Crippen LogP contribution >= 0.6 is 11.3 Å². The Labute approximate surface area is 115 Å². The van der Waals surface area contributed by atoms with Gasteiger partial charge in [-0.05, 0) is 36.1 Å². The Bertz CT molecular complexity index is 661. The third-order valence-electron chi connectivity index (χ3n) is 3.23. The van der Waals surface area contributed by atoms with Gasteiger partial charge in [0.1, 0.15) is 5.78 Å². The second-order valence-electron chi connectivity index (χ2n) is 4.70. The van der Waals surface area contributed by atoms with Gasteiger partial charge in [0.2, 0.25) is 0 Å². The first-order valence-corrected chi connectivity index (χ1v) is 7.05. The second-order valence-corrected chi connectivity index (χ2v) is 5.82. The van der Waals surface area contributed by atoms with E-state index in [4.69, 9.17) is 4.42 Å². The van der Waals surface area contributed by atoms with Gasteiger partial charge in [0, 0.05) is 21.9 Å². The molecule has 0 radical (unpaired) electrons. The van der Waals surface area contributed by atoms with E-state index in [1.165, 1.54) is 15.0 Å². The van der Waals surface area contributed by atoms with Crippen LogP contribution in [0.15, 0.2) is 53.3 Å². The third kappa shape index (κ3) is 2.47. The fraction of sp³-hybridized carbons (Fsp3) is 0.188. The first-order chi connectivity index (χ1) is 9.24. The first-order valence-electron chi connectivity index (χ1n) is 6.24. The van der Waals surface area contributed by atoms with Gasteiger partial charge >= 0.3 is 0 Å². The zero-order valence-corrected chi connectivity index (χ0v) is 11.4. The normalized spacial score (nSPS) is 12.7. The van der Waals surface area contributed by atoms with Crippen LogP contribution in [0, 0.1) is 0 Å². The molecule has 3 heteroatoms. The van der Waals surface area contributed by atoms with Crippen LogP contribution in [0.3, 0.4) is 0 Å². The van der Waals surface area contributed by atoms with Crippen LogP contribution in [-0.2, 0) is 4.79 Å². The van der Waals surface area contributed by atoms with E-state index in [2.05, 4.69) is 18.2 Å². The number of furan rings is 1. The minimum atomic E-state index is 0.105. The van der Waals surface area contributed by atoms with Crippen molar-refractivity contribution in [1.29, 1.82) is 0 Å². The molecule has 2 nitrogen and oxygen atoms in total. The number of thiophene rings is 1. The summed E-state index contributed by atoms with van der Waals surface area (Å²) in [5.74, 6) is 0.303. The van der Waals surface area contributed by atoms with Gasteiger partial charge in [0.05, 0.1) is 12.5 Å². The number of rotatable bonds is 4. The van der Waals surface area contributed by atoms with E-state index >= 15 is 0 Å². The first kappa shape index (κ1) is 12.2. The number of hydrogen-bond acceptors (Lipinski definition) is 3. The highest BCUT2D eigenvalue weighted by Crippen LogP contribution is 2.36. The fourth-order valence-electron chi connectivity index (χ4n) is 2.32. The summed E-state index contributed by atoms with van der Waals surface area (Å²) in [6, 6.07) is 12.4. The van der Waals surface area contributed by atoms with Crippen LogP contribution in [0.1, 0.15) is 29.7 Å². The van der Waals surface area contributed by atoms with Gasteiger partial charge in [-0.25, -0.2) is 0 Å². The summed E-state index contributed by atoms with van der Waals surface area (Å²) < 4.78 is 6.42. The number of fused-ring (bicyclic) bond motifs is 1. The highest BCUT2D eigenvalue weighted by Gasteiger charge is 2.19. The Kier molecular flexibility index (Phi) is 3.22. The predicted octanol–water partition coefficient (Wildman–Crippen LogP) is 4.61. The van der Waals surface area contributed by atoms with E-state index in [0.717, 1.165) is 5.56 Å². The zero-order chi connectivity index (χ0) is 13.2. The Morgan fingerprint density at radius 1 is 1.32 bits per heavy atom. The lowest BCUT2D eigenvalue weighted by atomic mass is 9.94. The molecule has 0 N–H and O–H groups in total. The maximum atomic E-state index is 11.5. The van der Waals surface area contributed by atoms with E-state index in [1.54, 1.807) is 30.8 Å². The van der Waals surface area contributed by atoms with Crippen LogP contribution < -0.4 is 0 Å². The Hall–Kier alpha value is -1.87. The smallest absolute Gasteiger partial charge is 0.130 e. The van der Waals surface area contributed by atoms with Gasteiger partial charge in [0.25, 0.3) is 0 Å². The SMILES string of the molecule is CC(=O)C[C@H](c1ccoc1)c1cc2ccccc2s1. The van der Waals surface area contributed by atoms with Crippen molar-refractivity contribution in [2.75, 3.05) is 0 Å². The van der Waals surface area contributed by atoms with E-state index < -0.39 is 0 Å². The second kappa shape index (κ2) is 5.02. The molecule has 0 aliphatic carbocycles. The van der Waals surface area contributed by atoms with Crippen molar-refractivity contribution in [3.05, 3.63) is 59.4 Å². The van der Waals surface area contributed by atoms with Crippen LogP contribution in [0.2, 0.25) is 0 Å². The van der Waals surface area contributed by atoms with Gasteiger partial charge in [-0.2, -0.15) is 0 Å². The molecule has 0 unspecified atom stereocenters. The summed E-state index contributed by atoms with van der Waals surface area (Å²) >= 11 is 1.75. The number of carbonyl (C=O) groups is 1. The average molecular weight is 270 g/mol. The van der Waals surface area contributed by atoms with Crippen molar-refractivity contribution < 1.29 is 9.21 Å².